The number of fused-ring (bicyclic) bond motifs is 3. The molecule has 0 saturated carbocycles. The van der Waals surface area contributed by atoms with Crippen LogP contribution in [0.3, 0.4) is 0 Å². The summed E-state index contributed by atoms with van der Waals surface area (Å²) in [4.78, 5) is 38.5. The summed E-state index contributed by atoms with van der Waals surface area (Å²) in [7, 11) is 0. The molecule has 1 heterocycles. The molecule has 0 aromatic heterocycles. The lowest BCUT2D eigenvalue weighted by molar-refractivity contribution is -0.143. The molecule has 34 heavy (non-hydrogen) atoms. The van der Waals surface area contributed by atoms with E-state index in [2.05, 4.69) is 5.32 Å². The first-order valence-electron chi connectivity index (χ1n) is 11.5. The standard InChI is InChI=1S/C26H30N2O6/c1-26(16-29)10-12-28(13-11-26)24(32)22(14-23(30)31)27-25(33)34-15-21-19-8-4-2-6-17(19)18-7-3-5-9-20(18)21/h2-9,21-22,29H,10-16H2,1H3,(H,27,33)(H,30,31). The average molecular weight is 467 g/mol. The molecular formula is C26H30N2O6. The van der Waals surface area contributed by atoms with E-state index in [0.29, 0.717) is 25.9 Å². The van der Waals surface area contributed by atoms with Gasteiger partial charge in [0.1, 0.15) is 12.6 Å². The molecular weight excluding hydrogens is 436 g/mol. The van der Waals surface area contributed by atoms with Crippen molar-refractivity contribution >= 4 is 18.0 Å². The number of carbonyl (C=O) groups excluding carboxylic acids is 2. The van der Waals surface area contributed by atoms with Crippen LogP contribution >= 0.6 is 0 Å². The van der Waals surface area contributed by atoms with Gasteiger partial charge in [-0.3, -0.25) is 9.59 Å². The Balaban J connectivity index is 1.40. The fourth-order valence-corrected chi connectivity index (χ4v) is 4.80. The van der Waals surface area contributed by atoms with Crippen molar-refractivity contribution in [1.29, 1.82) is 0 Å². The number of hydrogen-bond donors (Lipinski definition) is 3. The Morgan fingerprint density at radius 3 is 2.15 bits per heavy atom. The van der Waals surface area contributed by atoms with Crippen LogP contribution in [0.25, 0.3) is 11.1 Å². The number of rotatable bonds is 7. The highest BCUT2D eigenvalue weighted by Gasteiger charge is 2.35. The number of ether oxygens (including phenoxy) is 1. The minimum atomic E-state index is -1.22. The number of likely N-dealkylation sites (tertiary alicyclic amines) is 1. The Morgan fingerprint density at radius 2 is 1.62 bits per heavy atom. The number of carboxylic acid groups (broad SMARTS) is 1. The molecule has 8 nitrogen and oxygen atoms in total. The van der Waals surface area contributed by atoms with Crippen molar-refractivity contribution in [3.8, 4) is 11.1 Å². The summed E-state index contributed by atoms with van der Waals surface area (Å²) in [5.41, 5.74) is 4.08. The fraction of sp³-hybridized carbons (Fsp3) is 0.423. The second-order valence-corrected chi connectivity index (χ2v) is 9.41. The largest absolute Gasteiger partial charge is 0.481 e. The van der Waals surface area contributed by atoms with E-state index >= 15 is 0 Å². The Hall–Kier alpha value is -3.39. The number of hydrogen-bond acceptors (Lipinski definition) is 5. The SMILES string of the molecule is CC1(CO)CCN(C(=O)C(CC(=O)O)NC(=O)OCC2c3ccccc3-c3ccccc32)CC1. The van der Waals surface area contributed by atoms with Crippen LogP contribution in [0, 0.1) is 5.41 Å². The number of aliphatic carboxylic acids is 1. The third kappa shape index (κ3) is 4.92. The summed E-state index contributed by atoms with van der Waals surface area (Å²) in [6.45, 7) is 2.87. The van der Waals surface area contributed by atoms with E-state index in [9.17, 15) is 24.6 Å². The Kier molecular flexibility index (Phi) is 6.88. The van der Waals surface area contributed by atoms with Crippen LogP contribution < -0.4 is 5.32 Å². The van der Waals surface area contributed by atoms with Gasteiger partial charge in [0.2, 0.25) is 5.91 Å². The Morgan fingerprint density at radius 1 is 1.06 bits per heavy atom. The molecule has 1 saturated heterocycles. The maximum absolute atomic E-state index is 13.0. The second-order valence-electron chi connectivity index (χ2n) is 9.41. The van der Waals surface area contributed by atoms with Gasteiger partial charge in [-0.05, 0) is 40.5 Å². The van der Waals surface area contributed by atoms with Gasteiger partial charge in [0.15, 0.2) is 0 Å². The second kappa shape index (κ2) is 9.85. The highest BCUT2D eigenvalue weighted by molar-refractivity contribution is 5.89. The summed E-state index contributed by atoms with van der Waals surface area (Å²) in [5.74, 6) is -1.77. The highest BCUT2D eigenvalue weighted by atomic mass is 16.5. The molecule has 0 bridgehead atoms. The number of amides is 2. The average Bonchev–Trinajstić information content (AvgIpc) is 3.16. The van der Waals surface area contributed by atoms with Crippen molar-refractivity contribution in [3.63, 3.8) is 0 Å². The number of piperidine rings is 1. The van der Waals surface area contributed by atoms with Gasteiger partial charge < -0.3 is 25.2 Å². The van der Waals surface area contributed by atoms with Gasteiger partial charge in [0.25, 0.3) is 0 Å². The molecule has 2 aromatic carbocycles. The van der Waals surface area contributed by atoms with Crippen molar-refractivity contribution in [3.05, 3.63) is 59.7 Å². The van der Waals surface area contributed by atoms with E-state index in [1.54, 1.807) is 4.90 Å². The molecule has 1 aliphatic heterocycles. The first-order chi connectivity index (χ1) is 16.3. The van der Waals surface area contributed by atoms with E-state index in [0.717, 1.165) is 22.3 Å². The monoisotopic (exact) mass is 466 g/mol. The van der Waals surface area contributed by atoms with E-state index in [4.69, 9.17) is 4.74 Å². The number of carbonyl (C=O) groups is 3. The number of carboxylic acids is 1. The van der Waals surface area contributed by atoms with Gasteiger partial charge in [-0.2, -0.15) is 0 Å². The summed E-state index contributed by atoms with van der Waals surface area (Å²) in [6, 6.07) is 14.7. The fourth-order valence-electron chi connectivity index (χ4n) is 4.80. The number of aliphatic hydroxyl groups is 1. The minimum Gasteiger partial charge on any atom is -0.481 e. The lowest BCUT2D eigenvalue weighted by Gasteiger charge is -2.39. The zero-order chi connectivity index (χ0) is 24.3. The lowest BCUT2D eigenvalue weighted by Crippen LogP contribution is -2.53. The quantitative estimate of drug-likeness (QED) is 0.578. The normalized spacial score (nSPS) is 17.4. The molecule has 0 spiro atoms. The molecule has 2 amide bonds. The number of nitrogens with one attached hydrogen (secondary N) is 1. The number of nitrogens with zero attached hydrogens (tertiary/aromatic N) is 1. The van der Waals surface area contributed by atoms with Crippen LogP contribution in [-0.2, 0) is 14.3 Å². The number of benzene rings is 2. The molecule has 1 unspecified atom stereocenters. The summed E-state index contributed by atoms with van der Waals surface area (Å²) in [6.07, 6.45) is -0.129. The van der Waals surface area contributed by atoms with Crippen LogP contribution in [0.4, 0.5) is 4.79 Å². The lowest BCUT2D eigenvalue weighted by atomic mass is 9.81. The molecule has 0 radical (unpaired) electrons. The molecule has 2 aromatic rings. The van der Waals surface area contributed by atoms with Gasteiger partial charge in [0, 0.05) is 25.6 Å². The van der Waals surface area contributed by atoms with Gasteiger partial charge in [0.05, 0.1) is 6.42 Å². The van der Waals surface area contributed by atoms with Crippen LogP contribution in [0.5, 0.6) is 0 Å². The van der Waals surface area contributed by atoms with E-state index in [1.807, 2.05) is 55.5 Å². The topological polar surface area (TPSA) is 116 Å². The first-order valence-corrected chi connectivity index (χ1v) is 11.5. The Labute approximate surface area is 198 Å². The van der Waals surface area contributed by atoms with Gasteiger partial charge >= 0.3 is 12.1 Å². The van der Waals surface area contributed by atoms with Crippen LogP contribution in [0.15, 0.2) is 48.5 Å². The van der Waals surface area contributed by atoms with Gasteiger partial charge in [-0.25, -0.2) is 4.79 Å². The molecule has 8 heteroatoms. The minimum absolute atomic E-state index is 0.0333. The van der Waals surface area contributed by atoms with Crippen LogP contribution in [-0.4, -0.2) is 65.4 Å². The summed E-state index contributed by atoms with van der Waals surface area (Å²) < 4.78 is 5.49. The zero-order valence-corrected chi connectivity index (χ0v) is 19.2. The van der Waals surface area contributed by atoms with Crippen molar-refractivity contribution in [1.82, 2.24) is 10.2 Å². The predicted molar refractivity (Wildman–Crippen MR) is 125 cm³/mol. The molecule has 1 aliphatic carbocycles. The van der Waals surface area contributed by atoms with E-state index in [1.165, 1.54) is 0 Å². The predicted octanol–water partition coefficient (Wildman–Crippen LogP) is 2.99. The third-order valence-electron chi connectivity index (χ3n) is 6.98. The molecule has 1 atom stereocenters. The summed E-state index contributed by atoms with van der Waals surface area (Å²) >= 11 is 0. The maximum atomic E-state index is 13.0. The highest BCUT2D eigenvalue weighted by Crippen LogP contribution is 2.44. The van der Waals surface area contributed by atoms with Crippen molar-refractivity contribution < 1.29 is 29.3 Å². The maximum Gasteiger partial charge on any atom is 0.407 e. The summed E-state index contributed by atoms with van der Waals surface area (Å²) in [5, 5.41) is 21.3. The molecule has 2 aliphatic rings. The third-order valence-corrected chi connectivity index (χ3v) is 6.98. The molecule has 4 rings (SSSR count). The van der Waals surface area contributed by atoms with Gasteiger partial charge in [-0.15, -0.1) is 0 Å². The van der Waals surface area contributed by atoms with Crippen LogP contribution in [0.2, 0.25) is 0 Å². The smallest absolute Gasteiger partial charge is 0.407 e. The van der Waals surface area contributed by atoms with E-state index < -0.39 is 30.4 Å². The zero-order valence-electron chi connectivity index (χ0n) is 19.2. The van der Waals surface area contributed by atoms with Crippen molar-refractivity contribution in [2.24, 2.45) is 5.41 Å². The van der Waals surface area contributed by atoms with E-state index in [-0.39, 0.29) is 24.5 Å². The van der Waals surface area contributed by atoms with Crippen molar-refractivity contribution in [2.75, 3.05) is 26.3 Å². The van der Waals surface area contributed by atoms with Crippen LogP contribution in [0.1, 0.15) is 43.2 Å². The van der Waals surface area contributed by atoms with Crippen molar-refractivity contribution in [2.45, 2.75) is 38.1 Å². The Bertz CT molecular complexity index is 1030. The molecule has 1 fully saturated rings. The first kappa shape index (κ1) is 23.8. The number of aliphatic hydroxyl groups excluding tert-OH is 1. The number of alkyl carbamates (subject to hydrolysis) is 1. The molecule has 180 valence electrons. The van der Waals surface area contributed by atoms with Gasteiger partial charge in [-0.1, -0.05) is 55.5 Å². The molecule has 3 N–H and O–H groups in total.